The van der Waals surface area contributed by atoms with Gasteiger partial charge < -0.3 is 4.74 Å². The van der Waals surface area contributed by atoms with Crippen molar-refractivity contribution in [3.8, 4) is 0 Å². The minimum Gasteiger partial charge on any atom is -0.457 e. The van der Waals surface area contributed by atoms with Crippen LogP contribution < -0.4 is 0 Å². The lowest BCUT2D eigenvalue weighted by atomic mass is 10.0. The van der Waals surface area contributed by atoms with Crippen molar-refractivity contribution < 1.29 is 27.6 Å². The van der Waals surface area contributed by atoms with Gasteiger partial charge in [-0.3, -0.25) is 10.1 Å². The van der Waals surface area contributed by atoms with E-state index in [9.17, 15) is 28.1 Å². The number of carbonyl (C=O) groups is 1. The molecule has 0 aromatic heterocycles. The summed E-state index contributed by atoms with van der Waals surface area (Å²) >= 11 is 0. The molecular formula is C14H14F3NO4. The second kappa shape index (κ2) is 6.17. The zero-order valence-electron chi connectivity index (χ0n) is 12.1. The molecule has 0 atom stereocenters. The van der Waals surface area contributed by atoms with Crippen LogP contribution in [0.2, 0.25) is 0 Å². The van der Waals surface area contributed by atoms with Gasteiger partial charge in [0, 0.05) is 18.2 Å². The molecule has 0 bridgehead atoms. The lowest BCUT2D eigenvalue weighted by Crippen LogP contribution is -2.23. The van der Waals surface area contributed by atoms with E-state index in [1.807, 2.05) is 0 Å². The number of alkyl halides is 3. The molecule has 1 rings (SSSR count). The van der Waals surface area contributed by atoms with Crippen LogP contribution in [0, 0.1) is 10.1 Å². The molecule has 0 N–H and O–H groups in total. The summed E-state index contributed by atoms with van der Waals surface area (Å²) in [7, 11) is 0. The summed E-state index contributed by atoms with van der Waals surface area (Å²) in [5.41, 5.74) is -3.23. The van der Waals surface area contributed by atoms with Gasteiger partial charge in [0.25, 0.3) is 5.69 Å². The average molecular weight is 317 g/mol. The highest BCUT2D eigenvalue weighted by molar-refractivity contribution is 5.93. The molecule has 8 heteroatoms. The molecule has 5 nitrogen and oxygen atoms in total. The quantitative estimate of drug-likeness (QED) is 0.367. The molecule has 0 amide bonds. The molecule has 120 valence electrons. The summed E-state index contributed by atoms with van der Waals surface area (Å²) in [6.45, 7) is 4.54. The minimum absolute atomic E-state index is 0.296. The van der Waals surface area contributed by atoms with Crippen molar-refractivity contribution in [3.05, 3.63) is 46.0 Å². The number of halogens is 3. The van der Waals surface area contributed by atoms with Crippen molar-refractivity contribution in [3.63, 3.8) is 0 Å². The number of hydrogen-bond donors (Lipinski definition) is 0. The van der Waals surface area contributed by atoms with Crippen LogP contribution in [0.15, 0.2) is 30.3 Å². The Bertz CT molecular complexity index is 615. The summed E-state index contributed by atoms with van der Waals surface area (Å²) in [4.78, 5) is 21.4. The molecule has 22 heavy (non-hydrogen) atoms. The Kier molecular flexibility index (Phi) is 4.95. The van der Waals surface area contributed by atoms with Gasteiger partial charge in [0.1, 0.15) is 5.60 Å². The van der Waals surface area contributed by atoms with Crippen molar-refractivity contribution in [1.29, 1.82) is 0 Å². The first-order valence-corrected chi connectivity index (χ1v) is 6.17. The summed E-state index contributed by atoms with van der Waals surface area (Å²) in [5, 5.41) is 10.6. The van der Waals surface area contributed by atoms with Crippen molar-refractivity contribution >= 4 is 17.2 Å². The predicted octanol–water partition coefficient (Wildman–Crippen LogP) is 3.88. The maximum Gasteiger partial charge on any atom is 0.417 e. The molecule has 1 aromatic rings. The third-order valence-corrected chi connectivity index (χ3v) is 2.34. The van der Waals surface area contributed by atoms with Gasteiger partial charge in [0.05, 0.1) is 10.5 Å². The number of benzene rings is 1. The molecule has 1 aromatic carbocycles. The third kappa shape index (κ3) is 5.19. The summed E-state index contributed by atoms with van der Waals surface area (Å²) in [5.74, 6) is -1.17. The van der Waals surface area contributed by atoms with Gasteiger partial charge in [-0.2, -0.15) is 13.2 Å². The number of nitro benzene ring substituents is 1. The van der Waals surface area contributed by atoms with Gasteiger partial charge in [-0.1, -0.05) is 12.1 Å². The van der Waals surface area contributed by atoms with Gasteiger partial charge in [0.2, 0.25) is 0 Å². The highest BCUT2D eigenvalue weighted by Crippen LogP contribution is 2.35. The fourth-order valence-electron chi connectivity index (χ4n) is 1.56. The molecule has 0 spiro atoms. The minimum atomic E-state index is -4.86. The summed E-state index contributed by atoms with van der Waals surface area (Å²) in [6, 6.07) is 3.97. The fourth-order valence-corrected chi connectivity index (χ4v) is 1.56. The topological polar surface area (TPSA) is 69.4 Å². The van der Waals surface area contributed by atoms with Crippen LogP contribution in [-0.2, 0) is 9.53 Å². The number of rotatable bonds is 3. The molecular weight excluding hydrogens is 303 g/mol. The Morgan fingerprint density at radius 3 is 2.32 bits per heavy atom. The van der Waals surface area contributed by atoms with Gasteiger partial charge >= 0.3 is 12.1 Å². The van der Waals surface area contributed by atoms with Gasteiger partial charge in [-0.25, -0.2) is 4.79 Å². The van der Waals surface area contributed by atoms with Gasteiger partial charge in [-0.05, 0) is 26.3 Å². The van der Waals surface area contributed by atoms with Crippen LogP contribution in [0.4, 0.5) is 18.9 Å². The van der Waals surface area contributed by atoms with Crippen LogP contribution in [0.1, 0.15) is 26.3 Å². The van der Waals surface area contributed by atoms with Crippen LogP contribution in [0.25, 0.3) is 5.57 Å². The van der Waals surface area contributed by atoms with Gasteiger partial charge in [0.15, 0.2) is 0 Å². The molecule has 0 saturated carbocycles. The number of carbonyl (C=O) groups excluding carboxylic acids is 1. The Labute approximate surface area is 124 Å². The second-order valence-corrected chi connectivity index (χ2v) is 5.40. The number of non-ortho nitro benzene ring substituents is 1. The first kappa shape index (κ1) is 17.7. The largest absolute Gasteiger partial charge is 0.457 e. The number of nitro groups is 1. The summed E-state index contributed by atoms with van der Waals surface area (Å²) < 4.78 is 44.1. The van der Waals surface area contributed by atoms with Crippen molar-refractivity contribution in [1.82, 2.24) is 0 Å². The van der Waals surface area contributed by atoms with Crippen molar-refractivity contribution in [2.45, 2.75) is 32.5 Å². The van der Waals surface area contributed by atoms with E-state index in [-0.39, 0.29) is 0 Å². The predicted molar refractivity (Wildman–Crippen MR) is 73.0 cm³/mol. The smallest absolute Gasteiger partial charge is 0.417 e. The van der Waals surface area contributed by atoms with Crippen LogP contribution in [-0.4, -0.2) is 22.7 Å². The molecule has 0 saturated heterocycles. The van der Waals surface area contributed by atoms with Crippen LogP contribution in [0.3, 0.4) is 0 Å². The number of nitrogens with zero attached hydrogens (tertiary/aromatic N) is 1. The molecule has 0 heterocycles. The SMILES string of the molecule is CC(C)(C)OC(=O)/C=C(/c1cccc([N+](=O)[O-])c1)C(F)(F)F. The van der Waals surface area contributed by atoms with Crippen LogP contribution >= 0.6 is 0 Å². The highest BCUT2D eigenvalue weighted by atomic mass is 19.4. The monoisotopic (exact) mass is 317 g/mol. The maximum atomic E-state index is 13.1. The number of esters is 1. The standard InChI is InChI=1S/C14H14F3NO4/c1-13(2,3)22-12(19)8-11(14(15,16)17)9-5-4-6-10(7-9)18(20)21/h4-8H,1-3H3/b11-8-. The third-order valence-electron chi connectivity index (χ3n) is 2.34. The first-order chi connectivity index (χ1) is 9.90. The van der Waals surface area contributed by atoms with Gasteiger partial charge in [-0.15, -0.1) is 0 Å². The van der Waals surface area contributed by atoms with E-state index >= 15 is 0 Å². The normalized spacial score (nSPS) is 12.9. The fraction of sp³-hybridized carbons (Fsp3) is 0.357. The lowest BCUT2D eigenvalue weighted by molar-refractivity contribution is -0.384. The summed E-state index contributed by atoms with van der Waals surface area (Å²) in [6.07, 6.45) is -4.56. The number of allylic oxidation sites excluding steroid dienone is 1. The molecule has 0 unspecified atom stereocenters. The molecule has 0 fully saturated rings. The van der Waals surface area contributed by atoms with Crippen molar-refractivity contribution in [2.24, 2.45) is 0 Å². The number of hydrogen-bond acceptors (Lipinski definition) is 4. The first-order valence-electron chi connectivity index (χ1n) is 6.17. The average Bonchev–Trinajstić information content (AvgIpc) is 2.32. The Morgan fingerprint density at radius 1 is 1.27 bits per heavy atom. The number of ether oxygens (including phenoxy) is 1. The molecule has 0 aliphatic carbocycles. The van der Waals surface area contributed by atoms with E-state index in [0.29, 0.717) is 6.08 Å². The van der Waals surface area contributed by atoms with E-state index in [4.69, 9.17) is 4.74 Å². The molecule has 0 aliphatic heterocycles. The van der Waals surface area contributed by atoms with Crippen molar-refractivity contribution in [2.75, 3.05) is 0 Å². The van der Waals surface area contributed by atoms with E-state index in [0.717, 1.165) is 24.3 Å². The Balaban J connectivity index is 3.28. The second-order valence-electron chi connectivity index (χ2n) is 5.40. The highest BCUT2D eigenvalue weighted by Gasteiger charge is 2.36. The zero-order valence-corrected chi connectivity index (χ0v) is 12.1. The maximum absolute atomic E-state index is 13.1. The van der Waals surface area contributed by atoms with E-state index in [1.54, 1.807) is 0 Å². The molecule has 0 radical (unpaired) electrons. The van der Waals surface area contributed by atoms with E-state index in [2.05, 4.69) is 0 Å². The Morgan fingerprint density at radius 2 is 1.86 bits per heavy atom. The zero-order chi connectivity index (χ0) is 17.1. The van der Waals surface area contributed by atoms with E-state index in [1.165, 1.54) is 20.8 Å². The Hall–Kier alpha value is -2.38. The van der Waals surface area contributed by atoms with Crippen LogP contribution in [0.5, 0.6) is 0 Å². The lowest BCUT2D eigenvalue weighted by Gasteiger charge is -2.19. The van der Waals surface area contributed by atoms with E-state index < -0.39 is 39.5 Å². The molecule has 0 aliphatic rings.